The summed E-state index contributed by atoms with van der Waals surface area (Å²) >= 11 is 0. The number of rotatable bonds is 2. The van der Waals surface area contributed by atoms with Gasteiger partial charge in [-0.1, -0.05) is 12.1 Å². The number of hydrogen-bond acceptors (Lipinski definition) is 5. The Morgan fingerprint density at radius 2 is 1.82 bits per heavy atom. The van der Waals surface area contributed by atoms with Crippen LogP contribution in [-0.2, 0) is 4.74 Å². The second kappa shape index (κ2) is 4.63. The van der Waals surface area contributed by atoms with Crippen molar-refractivity contribution in [3.05, 3.63) is 24.3 Å². The van der Waals surface area contributed by atoms with Gasteiger partial charge in [-0.05, 0) is 25.0 Å². The molecule has 5 heteroatoms. The first-order chi connectivity index (χ1) is 8.42. The number of fused-ring (bicyclic) bond motifs is 1. The molecular weight excluding hydrogens is 216 g/mol. The summed E-state index contributed by atoms with van der Waals surface area (Å²) in [6.07, 6.45) is 1.99. The molecule has 0 atom stereocenters. The molecule has 2 heterocycles. The van der Waals surface area contributed by atoms with Crippen LogP contribution in [0.2, 0.25) is 0 Å². The predicted molar refractivity (Wildman–Crippen MR) is 64.8 cm³/mol. The van der Waals surface area contributed by atoms with E-state index in [4.69, 9.17) is 4.74 Å². The fourth-order valence-corrected chi connectivity index (χ4v) is 1.97. The van der Waals surface area contributed by atoms with Crippen molar-refractivity contribution in [2.45, 2.75) is 18.9 Å². The summed E-state index contributed by atoms with van der Waals surface area (Å²) in [5.74, 6) is 0.607. The Morgan fingerprint density at radius 3 is 2.65 bits per heavy atom. The summed E-state index contributed by atoms with van der Waals surface area (Å²) < 4.78 is 5.31. The van der Waals surface area contributed by atoms with Crippen LogP contribution in [0.3, 0.4) is 0 Å². The van der Waals surface area contributed by atoms with Crippen LogP contribution in [0, 0.1) is 0 Å². The normalized spacial score (nSPS) is 17.2. The van der Waals surface area contributed by atoms with E-state index in [9.17, 15) is 0 Å². The summed E-state index contributed by atoms with van der Waals surface area (Å²) in [6.45, 7) is 1.61. The molecule has 0 radical (unpaired) electrons. The van der Waals surface area contributed by atoms with Gasteiger partial charge in [0.2, 0.25) is 5.95 Å². The molecule has 1 aromatic carbocycles. The van der Waals surface area contributed by atoms with Crippen molar-refractivity contribution in [2.75, 3.05) is 18.5 Å². The zero-order chi connectivity index (χ0) is 11.5. The minimum absolute atomic E-state index is 0.395. The zero-order valence-electron chi connectivity index (χ0n) is 9.47. The van der Waals surface area contributed by atoms with Crippen LogP contribution in [0.15, 0.2) is 24.3 Å². The maximum atomic E-state index is 5.31. The van der Waals surface area contributed by atoms with Crippen LogP contribution in [0.25, 0.3) is 11.0 Å². The third-order valence-electron chi connectivity index (χ3n) is 2.92. The lowest BCUT2D eigenvalue weighted by atomic mass is 10.1. The molecular formula is C12H14N4O. The molecule has 17 heavy (non-hydrogen) atoms. The Labute approximate surface area is 99.2 Å². The Balaban J connectivity index is 1.80. The highest BCUT2D eigenvalue weighted by Crippen LogP contribution is 2.13. The van der Waals surface area contributed by atoms with Crippen molar-refractivity contribution >= 4 is 17.0 Å². The first kappa shape index (κ1) is 10.4. The maximum absolute atomic E-state index is 5.31. The topological polar surface area (TPSA) is 59.9 Å². The number of nitrogens with zero attached hydrogens (tertiary/aromatic N) is 3. The molecule has 1 fully saturated rings. The van der Waals surface area contributed by atoms with Crippen molar-refractivity contribution in [1.29, 1.82) is 0 Å². The van der Waals surface area contributed by atoms with E-state index >= 15 is 0 Å². The van der Waals surface area contributed by atoms with E-state index in [1.807, 2.05) is 24.3 Å². The lowest BCUT2D eigenvalue weighted by Crippen LogP contribution is -2.28. The summed E-state index contributed by atoms with van der Waals surface area (Å²) in [7, 11) is 0. The van der Waals surface area contributed by atoms with Gasteiger partial charge in [-0.2, -0.15) is 0 Å². The van der Waals surface area contributed by atoms with Crippen LogP contribution in [0.1, 0.15) is 12.8 Å². The first-order valence-electron chi connectivity index (χ1n) is 5.85. The van der Waals surface area contributed by atoms with Crippen LogP contribution >= 0.6 is 0 Å². The highest BCUT2D eigenvalue weighted by molar-refractivity contribution is 5.74. The summed E-state index contributed by atoms with van der Waals surface area (Å²) in [5.41, 5.74) is 1.70. The lowest BCUT2D eigenvalue weighted by molar-refractivity contribution is 0.0903. The van der Waals surface area contributed by atoms with Gasteiger partial charge in [0.05, 0.1) is 5.52 Å². The molecule has 1 aliphatic rings. The number of ether oxygens (including phenoxy) is 1. The average Bonchev–Trinajstić information content (AvgIpc) is 2.40. The molecule has 88 valence electrons. The van der Waals surface area contributed by atoms with E-state index in [1.165, 1.54) is 0 Å². The van der Waals surface area contributed by atoms with Crippen molar-refractivity contribution in [3.8, 4) is 0 Å². The molecule has 1 aromatic heterocycles. The van der Waals surface area contributed by atoms with E-state index < -0.39 is 0 Å². The summed E-state index contributed by atoms with van der Waals surface area (Å²) in [5, 5.41) is 11.5. The van der Waals surface area contributed by atoms with Gasteiger partial charge in [0.15, 0.2) is 0 Å². The number of para-hydroxylation sites is 1. The van der Waals surface area contributed by atoms with Gasteiger partial charge < -0.3 is 10.1 Å². The van der Waals surface area contributed by atoms with Gasteiger partial charge in [0, 0.05) is 19.3 Å². The lowest BCUT2D eigenvalue weighted by Gasteiger charge is -2.22. The third kappa shape index (κ3) is 2.34. The van der Waals surface area contributed by atoms with E-state index in [0.29, 0.717) is 12.0 Å². The summed E-state index contributed by atoms with van der Waals surface area (Å²) in [4.78, 5) is 4.44. The second-order valence-corrected chi connectivity index (χ2v) is 4.16. The van der Waals surface area contributed by atoms with Crippen molar-refractivity contribution in [1.82, 2.24) is 15.2 Å². The molecule has 0 amide bonds. The molecule has 3 rings (SSSR count). The molecule has 0 spiro atoms. The fraction of sp³-hybridized carbons (Fsp3) is 0.417. The van der Waals surface area contributed by atoms with Crippen LogP contribution in [0.4, 0.5) is 5.95 Å². The monoisotopic (exact) mass is 230 g/mol. The van der Waals surface area contributed by atoms with Gasteiger partial charge >= 0.3 is 0 Å². The highest BCUT2D eigenvalue weighted by Gasteiger charge is 2.14. The van der Waals surface area contributed by atoms with Crippen LogP contribution in [-0.4, -0.2) is 34.4 Å². The van der Waals surface area contributed by atoms with Gasteiger partial charge in [-0.3, -0.25) is 0 Å². The zero-order valence-corrected chi connectivity index (χ0v) is 9.47. The van der Waals surface area contributed by atoms with Crippen LogP contribution < -0.4 is 5.32 Å². The number of aromatic nitrogens is 3. The van der Waals surface area contributed by atoms with Crippen molar-refractivity contribution < 1.29 is 4.74 Å². The van der Waals surface area contributed by atoms with Crippen molar-refractivity contribution in [3.63, 3.8) is 0 Å². The third-order valence-corrected chi connectivity index (χ3v) is 2.92. The predicted octanol–water partition coefficient (Wildman–Crippen LogP) is 1.62. The number of nitrogens with one attached hydrogen (secondary N) is 1. The first-order valence-corrected chi connectivity index (χ1v) is 5.85. The number of benzene rings is 1. The number of hydrogen-bond donors (Lipinski definition) is 1. The highest BCUT2D eigenvalue weighted by atomic mass is 16.5. The van der Waals surface area contributed by atoms with E-state index in [0.717, 1.165) is 37.1 Å². The molecule has 0 bridgehead atoms. The molecule has 0 aliphatic carbocycles. The molecule has 1 N–H and O–H groups in total. The molecule has 1 aliphatic heterocycles. The van der Waals surface area contributed by atoms with Gasteiger partial charge in [-0.15, -0.1) is 10.2 Å². The van der Waals surface area contributed by atoms with E-state index in [1.54, 1.807) is 0 Å². The van der Waals surface area contributed by atoms with Gasteiger partial charge in [-0.25, -0.2) is 4.98 Å². The number of anilines is 1. The Morgan fingerprint density at radius 1 is 1.06 bits per heavy atom. The molecule has 0 saturated carbocycles. The van der Waals surface area contributed by atoms with E-state index in [2.05, 4.69) is 20.5 Å². The standard InChI is InChI=1S/C12H14N4O/c1-2-4-11-10(3-1)14-12(16-15-11)13-9-5-7-17-8-6-9/h1-4,9H,5-8H2,(H,13,14,16). The van der Waals surface area contributed by atoms with Crippen molar-refractivity contribution in [2.24, 2.45) is 0 Å². The summed E-state index contributed by atoms with van der Waals surface area (Å²) in [6, 6.07) is 8.14. The molecule has 2 aromatic rings. The average molecular weight is 230 g/mol. The van der Waals surface area contributed by atoms with Gasteiger partial charge in [0.1, 0.15) is 5.52 Å². The van der Waals surface area contributed by atoms with Crippen LogP contribution in [0.5, 0.6) is 0 Å². The van der Waals surface area contributed by atoms with Gasteiger partial charge in [0.25, 0.3) is 0 Å². The Kier molecular flexibility index (Phi) is 2.83. The maximum Gasteiger partial charge on any atom is 0.243 e. The molecule has 0 unspecified atom stereocenters. The molecule has 1 saturated heterocycles. The SMILES string of the molecule is c1ccc2nc(NC3CCOCC3)nnc2c1. The fourth-order valence-electron chi connectivity index (χ4n) is 1.97. The second-order valence-electron chi connectivity index (χ2n) is 4.16. The Hall–Kier alpha value is -1.75. The molecule has 5 nitrogen and oxygen atoms in total. The quantitative estimate of drug-likeness (QED) is 0.849. The minimum Gasteiger partial charge on any atom is -0.381 e. The smallest absolute Gasteiger partial charge is 0.243 e. The minimum atomic E-state index is 0.395. The Bertz CT molecular complexity index is 511. The van der Waals surface area contributed by atoms with E-state index in [-0.39, 0.29) is 0 Å². The largest absolute Gasteiger partial charge is 0.381 e.